The largest absolute Gasteiger partial charge is 0.549 e. The minimum absolute atomic E-state index is 0.00259. The summed E-state index contributed by atoms with van der Waals surface area (Å²) in [5, 5.41) is 29.8. The molecule has 0 saturated heterocycles. The van der Waals surface area contributed by atoms with Gasteiger partial charge in [-0.3, -0.25) is 0 Å². The van der Waals surface area contributed by atoms with E-state index in [1.807, 2.05) is 0 Å². The summed E-state index contributed by atoms with van der Waals surface area (Å²) in [5.41, 5.74) is 0.00259. The predicted octanol–water partition coefficient (Wildman–Crippen LogP) is -2.02. The maximum absolute atomic E-state index is 10.4. The van der Waals surface area contributed by atoms with Gasteiger partial charge < -0.3 is 24.9 Å². The van der Waals surface area contributed by atoms with Gasteiger partial charge in [-0.25, -0.2) is 0 Å². The molecule has 0 radical (unpaired) electrons. The van der Waals surface area contributed by atoms with Gasteiger partial charge in [0.15, 0.2) is 0 Å². The highest BCUT2D eigenvalue weighted by Gasteiger charge is 2.13. The fourth-order valence-electron chi connectivity index (χ4n) is 1.04. The van der Waals surface area contributed by atoms with E-state index >= 15 is 0 Å². The van der Waals surface area contributed by atoms with E-state index in [1.54, 1.807) is 0 Å². The van der Waals surface area contributed by atoms with Crippen molar-refractivity contribution in [3.05, 3.63) is 29.8 Å². The van der Waals surface area contributed by atoms with E-state index in [9.17, 15) is 19.8 Å². The molecule has 0 aromatic heterocycles. The number of hydrogen-bond acceptors (Lipinski definition) is 5. The quantitative estimate of drug-likeness (QED) is 0.559. The zero-order valence-corrected chi connectivity index (χ0v) is 6.97. The van der Waals surface area contributed by atoms with Crippen molar-refractivity contribution in [2.75, 3.05) is 0 Å². The van der Waals surface area contributed by atoms with Crippen molar-refractivity contribution in [2.45, 2.75) is 5.92 Å². The Morgan fingerprint density at radius 2 is 1.50 bits per heavy atom. The molecule has 1 aromatic rings. The van der Waals surface area contributed by atoms with E-state index in [4.69, 9.17) is 5.11 Å². The van der Waals surface area contributed by atoms with E-state index < -0.39 is 17.9 Å². The molecule has 0 aliphatic carbocycles. The number of carboxylic acid groups (broad SMARTS) is 2. The first-order valence-electron chi connectivity index (χ1n) is 3.73. The highest BCUT2D eigenvalue weighted by molar-refractivity contribution is 5.97. The average molecular weight is 194 g/mol. The zero-order valence-electron chi connectivity index (χ0n) is 6.97. The second kappa shape index (κ2) is 3.78. The van der Waals surface area contributed by atoms with Crippen LogP contribution in [0.5, 0.6) is 5.75 Å². The summed E-state index contributed by atoms with van der Waals surface area (Å²) >= 11 is 0. The van der Waals surface area contributed by atoms with Crippen molar-refractivity contribution in [1.29, 1.82) is 0 Å². The highest BCUT2D eigenvalue weighted by atomic mass is 16.4. The number of aliphatic carboxylic acids is 2. The molecule has 5 heteroatoms. The molecule has 1 rings (SSSR count). The van der Waals surface area contributed by atoms with Crippen molar-refractivity contribution >= 4 is 11.9 Å². The monoisotopic (exact) mass is 194 g/mol. The lowest BCUT2D eigenvalue weighted by Crippen LogP contribution is -2.41. The number of hydrogen-bond donors (Lipinski definition) is 1. The van der Waals surface area contributed by atoms with Crippen LogP contribution in [0, 0.1) is 0 Å². The Morgan fingerprint density at radius 1 is 1.07 bits per heavy atom. The Bertz CT molecular complexity index is 340. The van der Waals surface area contributed by atoms with Gasteiger partial charge in [0.25, 0.3) is 0 Å². The first kappa shape index (κ1) is 10.0. The number of carboxylic acids is 2. The minimum Gasteiger partial charge on any atom is -0.549 e. The van der Waals surface area contributed by atoms with Crippen LogP contribution in [0.3, 0.4) is 0 Å². The van der Waals surface area contributed by atoms with Gasteiger partial charge in [0.2, 0.25) is 0 Å². The second-order valence-electron chi connectivity index (χ2n) is 2.66. The summed E-state index contributed by atoms with van der Waals surface area (Å²) in [5.74, 6) is -5.37. The third-order valence-corrected chi connectivity index (χ3v) is 1.70. The molecule has 0 aliphatic rings. The van der Waals surface area contributed by atoms with Crippen LogP contribution in [-0.4, -0.2) is 17.0 Å². The highest BCUT2D eigenvalue weighted by Crippen LogP contribution is 2.17. The summed E-state index contributed by atoms with van der Waals surface area (Å²) in [6, 6.07) is 4.75. The average Bonchev–Trinajstić information content (AvgIpc) is 2.07. The van der Waals surface area contributed by atoms with E-state index in [0.29, 0.717) is 0 Å². The Balaban J connectivity index is 3.06. The third kappa shape index (κ3) is 2.01. The van der Waals surface area contributed by atoms with Gasteiger partial charge in [-0.05, 0) is 17.7 Å². The first-order valence-corrected chi connectivity index (χ1v) is 3.73. The zero-order chi connectivity index (χ0) is 10.7. The van der Waals surface area contributed by atoms with Crippen LogP contribution in [0.2, 0.25) is 0 Å². The van der Waals surface area contributed by atoms with Crippen LogP contribution in [-0.2, 0) is 9.59 Å². The summed E-state index contributed by atoms with van der Waals surface area (Å²) in [7, 11) is 0. The van der Waals surface area contributed by atoms with E-state index in [-0.39, 0.29) is 11.3 Å². The molecule has 5 nitrogen and oxygen atoms in total. The normalized spacial score (nSPS) is 10.1. The van der Waals surface area contributed by atoms with Crippen molar-refractivity contribution in [2.24, 2.45) is 0 Å². The van der Waals surface area contributed by atoms with Crippen molar-refractivity contribution in [3.8, 4) is 5.75 Å². The third-order valence-electron chi connectivity index (χ3n) is 1.70. The molecule has 0 spiro atoms. The Morgan fingerprint density at radius 3 is 1.86 bits per heavy atom. The number of carbonyl (C=O) groups excluding carboxylic acids is 2. The predicted molar refractivity (Wildman–Crippen MR) is 40.9 cm³/mol. The number of phenols is 1. The lowest BCUT2D eigenvalue weighted by molar-refractivity contribution is -0.326. The van der Waals surface area contributed by atoms with Crippen molar-refractivity contribution in [1.82, 2.24) is 0 Å². The van der Waals surface area contributed by atoms with Gasteiger partial charge in [-0.2, -0.15) is 0 Å². The standard InChI is InChI=1S/C9H8O5/c10-6-3-1-5(2-4-6)7(8(11)12)9(13)14/h1-4,7,10H,(H,11,12)(H,13,14)/p-2. The van der Waals surface area contributed by atoms with Crippen LogP contribution in [0.15, 0.2) is 24.3 Å². The molecule has 0 aliphatic heterocycles. The topological polar surface area (TPSA) is 100 Å². The molecule has 1 aromatic carbocycles. The van der Waals surface area contributed by atoms with Crippen LogP contribution in [0.25, 0.3) is 0 Å². The van der Waals surface area contributed by atoms with Crippen molar-refractivity contribution < 1.29 is 24.9 Å². The lowest BCUT2D eigenvalue weighted by Gasteiger charge is -2.19. The maximum Gasteiger partial charge on any atom is 0.115 e. The Labute approximate surface area is 79.2 Å². The van der Waals surface area contributed by atoms with Gasteiger partial charge >= 0.3 is 0 Å². The van der Waals surface area contributed by atoms with E-state index in [1.165, 1.54) is 24.3 Å². The summed E-state index contributed by atoms with van der Waals surface area (Å²) in [6.07, 6.45) is 0. The van der Waals surface area contributed by atoms with Crippen LogP contribution in [0.4, 0.5) is 0 Å². The van der Waals surface area contributed by atoms with E-state index in [2.05, 4.69) is 0 Å². The molecule has 0 fully saturated rings. The molecule has 0 bridgehead atoms. The van der Waals surface area contributed by atoms with Gasteiger partial charge in [-0.1, -0.05) is 12.1 Å². The van der Waals surface area contributed by atoms with Gasteiger partial charge in [0, 0.05) is 0 Å². The molecule has 1 N–H and O–H groups in total. The van der Waals surface area contributed by atoms with Crippen LogP contribution in [0.1, 0.15) is 11.5 Å². The van der Waals surface area contributed by atoms with Gasteiger partial charge in [-0.15, -0.1) is 0 Å². The molecular weight excluding hydrogens is 188 g/mol. The smallest absolute Gasteiger partial charge is 0.115 e. The maximum atomic E-state index is 10.4. The fourth-order valence-corrected chi connectivity index (χ4v) is 1.04. The number of rotatable bonds is 3. The molecule has 0 atom stereocenters. The number of benzene rings is 1. The molecule has 0 heterocycles. The molecule has 14 heavy (non-hydrogen) atoms. The molecule has 0 saturated carbocycles. The summed E-state index contributed by atoms with van der Waals surface area (Å²) in [6.45, 7) is 0. The van der Waals surface area contributed by atoms with Crippen LogP contribution < -0.4 is 10.2 Å². The number of carbonyl (C=O) groups is 2. The number of phenolic OH excluding ortho intramolecular Hbond substituents is 1. The van der Waals surface area contributed by atoms with Gasteiger partial charge in [0.1, 0.15) is 5.75 Å². The molecular formula is C9H6O5-2. The summed E-state index contributed by atoms with van der Waals surface area (Å²) in [4.78, 5) is 20.9. The molecule has 0 amide bonds. The van der Waals surface area contributed by atoms with Crippen LogP contribution >= 0.6 is 0 Å². The van der Waals surface area contributed by atoms with Crippen molar-refractivity contribution in [3.63, 3.8) is 0 Å². The Hall–Kier alpha value is -2.04. The SMILES string of the molecule is O=C([O-])C(C(=O)[O-])c1ccc(O)cc1. The summed E-state index contributed by atoms with van der Waals surface area (Å²) < 4.78 is 0. The fraction of sp³-hybridized carbons (Fsp3) is 0.111. The first-order chi connectivity index (χ1) is 6.52. The minimum atomic E-state index is -1.81. The second-order valence-corrected chi connectivity index (χ2v) is 2.66. The Kier molecular flexibility index (Phi) is 2.71. The molecule has 74 valence electrons. The van der Waals surface area contributed by atoms with E-state index in [0.717, 1.165) is 0 Å². The van der Waals surface area contributed by atoms with Gasteiger partial charge in [0.05, 0.1) is 17.9 Å². The lowest BCUT2D eigenvalue weighted by atomic mass is 10.00. The molecule has 0 unspecified atom stereocenters. The number of aromatic hydroxyl groups is 1.